The molecule has 142 valence electrons. The van der Waals surface area contributed by atoms with Crippen LogP contribution in [0.15, 0.2) is 52.9 Å². The van der Waals surface area contributed by atoms with Gasteiger partial charge in [0.15, 0.2) is 0 Å². The highest BCUT2D eigenvalue weighted by molar-refractivity contribution is 9.15. The van der Waals surface area contributed by atoms with E-state index in [4.69, 9.17) is 4.74 Å². The van der Waals surface area contributed by atoms with Crippen molar-refractivity contribution in [1.82, 2.24) is 0 Å². The van der Waals surface area contributed by atoms with Crippen LogP contribution >= 0.6 is 15.9 Å². The first kappa shape index (κ1) is 19.4. The topological polar surface area (TPSA) is 83.9 Å². The second-order valence-electron chi connectivity index (χ2n) is 6.07. The van der Waals surface area contributed by atoms with Crippen LogP contribution in [0.5, 0.6) is 5.75 Å². The van der Waals surface area contributed by atoms with E-state index >= 15 is 0 Å². The molecular weight excluding hydrogens is 434 g/mol. The number of carboxylic acids is 1. The molecule has 0 unspecified atom stereocenters. The van der Waals surface area contributed by atoms with Crippen molar-refractivity contribution in [3.05, 3.63) is 59.2 Å². The molecular formula is C19H18BrNO5S. The molecule has 1 N–H and O–H groups in total. The number of sulfonamides is 1. The number of fused-ring (bicyclic) bond motifs is 1. The summed E-state index contributed by atoms with van der Waals surface area (Å²) in [5, 5.41) is 9.49. The molecule has 0 aliphatic carbocycles. The van der Waals surface area contributed by atoms with Gasteiger partial charge in [0.25, 0.3) is 10.0 Å². The molecule has 2 aromatic carbocycles. The fraction of sp³-hybridized carbons (Fsp3) is 0.211. The molecule has 8 heteroatoms. The Kier molecular flexibility index (Phi) is 5.30. The Morgan fingerprint density at radius 2 is 1.93 bits per heavy atom. The lowest BCUT2D eigenvalue weighted by Crippen LogP contribution is -2.32. The zero-order valence-electron chi connectivity index (χ0n) is 14.8. The summed E-state index contributed by atoms with van der Waals surface area (Å²) >= 11 is 3.35. The van der Waals surface area contributed by atoms with Crippen molar-refractivity contribution >= 4 is 42.1 Å². The molecule has 0 saturated carbocycles. The van der Waals surface area contributed by atoms with E-state index in [9.17, 15) is 18.3 Å². The monoisotopic (exact) mass is 451 g/mol. The van der Waals surface area contributed by atoms with E-state index in [-0.39, 0.29) is 23.4 Å². The van der Waals surface area contributed by atoms with Crippen LogP contribution in [-0.4, -0.2) is 33.1 Å². The summed E-state index contributed by atoms with van der Waals surface area (Å²) in [6.45, 7) is 1.80. The maximum Gasteiger partial charge on any atom is 0.332 e. The number of aliphatic carboxylic acids is 1. The molecule has 27 heavy (non-hydrogen) atoms. The van der Waals surface area contributed by atoms with Crippen molar-refractivity contribution in [2.24, 2.45) is 0 Å². The van der Waals surface area contributed by atoms with Gasteiger partial charge in [-0.05, 0) is 59.1 Å². The second kappa shape index (κ2) is 7.36. The van der Waals surface area contributed by atoms with Gasteiger partial charge in [0, 0.05) is 16.6 Å². The first-order chi connectivity index (χ1) is 12.8. The Morgan fingerprint density at radius 1 is 1.22 bits per heavy atom. The van der Waals surface area contributed by atoms with Crippen molar-refractivity contribution in [3.63, 3.8) is 0 Å². The smallest absolute Gasteiger partial charge is 0.332 e. The Labute approximate surface area is 166 Å². The lowest BCUT2D eigenvalue weighted by molar-refractivity contribution is -0.132. The van der Waals surface area contributed by atoms with Crippen LogP contribution in [0.2, 0.25) is 0 Å². The predicted octanol–water partition coefficient (Wildman–Crippen LogP) is 3.79. The average Bonchev–Trinajstić information content (AvgIpc) is 2.79. The highest BCUT2D eigenvalue weighted by Gasteiger charge is 2.31. The van der Waals surface area contributed by atoms with Gasteiger partial charge in [-0.3, -0.25) is 4.31 Å². The maximum absolute atomic E-state index is 13.3. The van der Waals surface area contributed by atoms with Crippen LogP contribution in [0.25, 0.3) is 4.48 Å². The SMILES string of the molecule is COc1ccc(S(=O)(=O)N2CCC(C(=O)O)=C(Br)c3ccccc32)cc1C. The number of halogens is 1. The summed E-state index contributed by atoms with van der Waals surface area (Å²) in [6.07, 6.45) is 0.0823. The van der Waals surface area contributed by atoms with Gasteiger partial charge in [-0.25, -0.2) is 13.2 Å². The van der Waals surface area contributed by atoms with Crippen LogP contribution in [0.4, 0.5) is 5.69 Å². The summed E-state index contributed by atoms with van der Waals surface area (Å²) in [7, 11) is -2.36. The summed E-state index contributed by atoms with van der Waals surface area (Å²) in [4.78, 5) is 11.7. The van der Waals surface area contributed by atoms with Gasteiger partial charge < -0.3 is 9.84 Å². The van der Waals surface area contributed by atoms with E-state index < -0.39 is 16.0 Å². The number of carbonyl (C=O) groups is 1. The van der Waals surface area contributed by atoms with Crippen molar-refractivity contribution < 1.29 is 23.1 Å². The number of hydrogen-bond acceptors (Lipinski definition) is 4. The molecule has 0 saturated heterocycles. The highest BCUT2D eigenvalue weighted by atomic mass is 79.9. The zero-order chi connectivity index (χ0) is 19.8. The summed E-state index contributed by atoms with van der Waals surface area (Å²) < 4.78 is 33.5. The fourth-order valence-corrected chi connectivity index (χ4v) is 5.35. The van der Waals surface area contributed by atoms with Gasteiger partial charge in [-0.2, -0.15) is 0 Å². The normalized spacial score (nSPS) is 14.6. The Bertz CT molecular complexity index is 1050. The number of ether oxygens (including phenoxy) is 1. The van der Waals surface area contributed by atoms with Gasteiger partial charge >= 0.3 is 5.97 Å². The minimum atomic E-state index is -3.88. The van der Waals surface area contributed by atoms with E-state index in [2.05, 4.69) is 15.9 Å². The molecule has 0 radical (unpaired) electrons. The lowest BCUT2D eigenvalue weighted by Gasteiger charge is -2.25. The zero-order valence-corrected chi connectivity index (χ0v) is 17.2. The van der Waals surface area contributed by atoms with Gasteiger partial charge in [0.2, 0.25) is 0 Å². The molecule has 0 atom stereocenters. The van der Waals surface area contributed by atoms with Crippen LogP contribution in [0.1, 0.15) is 17.5 Å². The van der Waals surface area contributed by atoms with Crippen molar-refractivity contribution in [3.8, 4) is 5.75 Å². The summed E-state index contributed by atoms with van der Waals surface area (Å²) in [5.74, 6) is -0.473. The van der Waals surface area contributed by atoms with E-state index in [1.807, 2.05) is 0 Å². The molecule has 1 heterocycles. The van der Waals surface area contributed by atoms with E-state index in [1.165, 1.54) is 17.5 Å². The number of hydrogen-bond donors (Lipinski definition) is 1. The number of para-hydroxylation sites is 1. The Morgan fingerprint density at radius 3 is 2.56 bits per heavy atom. The number of rotatable bonds is 4. The van der Waals surface area contributed by atoms with Gasteiger partial charge in [0.1, 0.15) is 5.75 Å². The molecule has 0 aromatic heterocycles. The van der Waals surface area contributed by atoms with Crippen molar-refractivity contribution in [2.75, 3.05) is 18.0 Å². The Balaban J connectivity index is 2.14. The Hall–Kier alpha value is -2.32. The maximum atomic E-state index is 13.3. The van der Waals surface area contributed by atoms with Gasteiger partial charge in [0.05, 0.1) is 23.3 Å². The molecule has 2 aromatic rings. The number of anilines is 1. The van der Waals surface area contributed by atoms with Crippen molar-refractivity contribution in [2.45, 2.75) is 18.2 Å². The van der Waals surface area contributed by atoms with E-state index in [0.29, 0.717) is 27.0 Å². The molecule has 3 rings (SSSR count). The van der Waals surface area contributed by atoms with Crippen LogP contribution in [-0.2, 0) is 14.8 Å². The molecule has 0 bridgehead atoms. The third-order valence-electron chi connectivity index (χ3n) is 4.45. The minimum Gasteiger partial charge on any atom is -0.496 e. The van der Waals surface area contributed by atoms with Crippen LogP contribution in [0.3, 0.4) is 0 Å². The molecule has 0 fully saturated rings. The molecule has 0 spiro atoms. The largest absolute Gasteiger partial charge is 0.496 e. The summed E-state index contributed by atoms with van der Waals surface area (Å²) in [5.41, 5.74) is 1.81. The standard InChI is InChI=1S/C19H18BrNO5S/c1-12-11-13(7-8-17(12)26-2)27(24,25)21-10-9-15(19(22)23)18(20)14-5-3-4-6-16(14)21/h3-8,11H,9-10H2,1-2H3,(H,22,23). The van der Waals surface area contributed by atoms with Crippen LogP contribution in [0, 0.1) is 6.92 Å². The summed E-state index contributed by atoms with van der Waals surface area (Å²) in [6, 6.07) is 11.5. The lowest BCUT2D eigenvalue weighted by atomic mass is 10.1. The number of nitrogens with zero attached hydrogens (tertiary/aromatic N) is 1. The minimum absolute atomic E-state index is 0.0289. The molecule has 0 amide bonds. The number of carboxylic acid groups (broad SMARTS) is 1. The number of aryl methyl sites for hydroxylation is 1. The molecule has 1 aliphatic heterocycles. The quantitative estimate of drug-likeness (QED) is 0.763. The molecule has 1 aliphatic rings. The van der Waals surface area contributed by atoms with Gasteiger partial charge in [-0.1, -0.05) is 18.2 Å². The first-order valence-electron chi connectivity index (χ1n) is 8.16. The molecule has 6 nitrogen and oxygen atoms in total. The van der Waals surface area contributed by atoms with Crippen molar-refractivity contribution in [1.29, 1.82) is 0 Å². The van der Waals surface area contributed by atoms with E-state index in [0.717, 1.165) is 0 Å². The fourth-order valence-electron chi connectivity index (χ4n) is 3.07. The third-order valence-corrected chi connectivity index (χ3v) is 7.17. The second-order valence-corrected chi connectivity index (χ2v) is 8.73. The van der Waals surface area contributed by atoms with Gasteiger partial charge in [-0.15, -0.1) is 0 Å². The predicted molar refractivity (Wildman–Crippen MR) is 107 cm³/mol. The van der Waals surface area contributed by atoms with Crippen LogP contribution < -0.4 is 9.04 Å². The first-order valence-corrected chi connectivity index (χ1v) is 10.4. The number of benzene rings is 2. The van der Waals surface area contributed by atoms with E-state index in [1.54, 1.807) is 43.3 Å². The number of methoxy groups -OCH3 is 1. The average molecular weight is 452 g/mol. The third kappa shape index (κ3) is 3.46. The highest BCUT2D eigenvalue weighted by Crippen LogP contribution is 2.40.